The molecule has 2 heterocycles. The van der Waals surface area contributed by atoms with E-state index in [1.807, 2.05) is 37.3 Å². The summed E-state index contributed by atoms with van der Waals surface area (Å²) < 4.78 is 19.5. The molecule has 9 heteroatoms. The van der Waals surface area contributed by atoms with Gasteiger partial charge in [-0.15, -0.1) is 11.3 Å². The van der Waals surface area contributed by atoms with Gasteiger partial charge in [0.25, 0.3) is 11.5 Å². The van der Waals surface area contributed by atoms with E-state index >= 15 is 0 Å². The first-order valence-corrected chi connectivity index (χ1v) is 11.1. The fraction of sp³-hybridized carbons (Fsp3) is 0.167. The first-order valence-electron chi connectivity index (χ1n) is 10.3. The van der Waals surface area contributed by atoms with Crippen LogP contribution in [0, 0.1) is 12.7 Å². The second-order valence-corrected chi connectivity index (χ2v) is 8.17. The lowest BCUT2D eigenvalue weighted by atomic mass is 10.2. The Morgan fingerprint density at radius 1 is 1.09 bits per heavy atom. The van der Waals surface area contributed by atoms with Gasteiger partial charge in [0, 0.05) is 18.2 Å². The van der Waals surface area contributed by atoms with Crippen LogP contribution in [0.3, 0.4) is 0 Å². The van der Waals surface area contributed by atoms with Crippen LogP contribution in [-0.2, 0) is 11.3 Å². The maximum atomic E-state index is 12.9. The van der Waals surface area contributed by atoms with Crippen LogP contribution in [0.2, 0.25) is 0 Å². The standard InChI is InChI=1S/C24H21FN4O3S/c1-16-23(33-24(27-16)17-5-3-2-4-6-17)20-11-12-22(31)29(28-20)14-13-26-21(30)15-32-19-9-7-18(25)8-10-19/h2-12H,13-15H2,1H3,(H,26,30). The Labute approximate surface area is 193 Å². The Bertz CT molecular complexity index is 1300. The number of thiazole rings is 1. The molecule has 0 aliphatic rings. The van der Waals surface area contributed by atoms with Crippen LogP contribution < -0.4 is 15.6 Å². The Morgan fingerprint density at radius 3 is 2.61 bits per heavy atom. The summed E-state index contributed by atoms with van der Waals surface area (Å²) in [6, 6.07) is 18.4. The summed E-state index contributed by atoms with van der Waals surface area (Å²) in [7, 11) is 0. The summed E-state index contributed by atoms with van der Waals surface area (Å²) in [5.74, 6) is -0.335. The second kappa shape index (κ2) is 10.2. The normalized spacial score (nSPS) is 10.7. The van der Waals surface area contributed by atoms with Crippen molar-refractivity contribution in [3.05, 3.63) is 88.6 Å². The van der Waals surface area contributed by atoms with Crippen LogP contribution >= 0.6 is 11.3 Å². The number of ether oxygens (including phenoxy) is 1. The number of nitrogens with zero attached hydrogens (tertiary/aromatic N) is 3. The second-order valence-electron chi connectivity index (χ2n) is 7.17. The number of aryl methyl sites for hydroxylation is 1. The van der Waals surface area contributed by atoms with Crippen molar-refractivity contribution in [2.75, 3.05) is 13.2 Å². The molecule has 0 atom stereocenters. The lowest BCUT2D eigenvalue weighted by Crippen LogP contribution is -2.34. The zero-order chi connectivity index (χ0) is 23.2. The highest BCUT2D eigenvalue weighted by Gasteiger charge is 2.14. The quantitative estimate of drug-likeness (QED) is 0.430. The number of hydrogen-bond donors (Lipinski definition) is 1. The van der Waals surface area contributed by atoms with Gasteiger partial charge in [-0.05, 0) is 37.3 Å². The van der Waals surface area contributed by atoms with Crippen molar-refractivity contribution in [2.24, 2.45) is 0 Å². The minimum absolute atomic E-state index is 0.207. The SMILES string of the molecule is Cc1nc(-c2ccccc2)sc1-c1ccc(=O)n(CCNC(=O)COc2ccc(F)cc2)n1. The Hall–Kier alpha value is -3.85. The minimum Gasteiger partial charge on any atom is -0.484 e. The molecular formula is C24H21FN4O3S. The molecule has 1 N–H and O–H groups in total. The predicted octanol–water partition coefficient (Wildman–Crippen LogP) is 3.68. The average molecular weight is 465 g/mol. The molecule has 0 fully saturated rings. The van der Waals surface area contributed by atoms with Gasteiger partial charge >= 0.3 is 0 Å². The van der Waals surface area contributed by atoms with Crippen molar-refractivity contribution < 1.29 is 13.9 Å². The molecule has 0 aliphatic carbocycles. The first kappa shape index (κ1) is 22.3. The highest BCUT2D eigenvalue weighted by Crippen LogP contribution is 2.33. The maximum Gasteiger partial charge on any atom is 0.266 e. The molecule has 0 aliphatic heterocycles. The summed E-state index contributed by atoms with van der Waals surface area (Å²) >= 11 is 1.52. The van der Waals surface area contributed by atoms with Crippen LogP contribution in [0.15, 0.2) is 71.5 Å². The molecule has 0 saturated carbocycles. The Kier molecular flexibility index (Phi) is 6.89. The van der Waals surface area contributed by atoms with Crippen molar-refractivity contribution in [1.29, 1.82) is 0 Å². The summed E-state index contributed by atoms with van der Waals surface area (Å²) in [6.07, 6.45) is 0. The molecule has 33 heavy (non-hydrogen) atoms. The molecule has 1 amide bonds. The van der Waals surface area contributed by atoms with E-state index in [-0.39, 0.29) is 37.0 Å². The molecule has 0 saturated heterocycles. The number of benzene rings is 2. The van der Waals surface area contributed by atoms with E-state index < -0.39 is 0 Å². The van der Waals surface area contributed by atoms with E-state index in [1.165, 1.54) is 46.4 Å². The zero-order valence-corrected chi connectivity index (χ0v) is 18.6. The zero-order valence-electron chi connectivity index (χ0n) is 17.8. The third-order valence-corrected chi connectivity index (χ3v) is 5.97. The summed E-state index contributed by atoms with van der Waals surface area (Å²) in [5.41, 5.74) is 2.25. The van der Waals surface area contributed by atoms with Gasteiger partial charge in [0.1, 0.15) is 22.3 Å². The van der Waals surface area contributed by atoms with E-state index in [0.717, 1.165) is 21.1 Å². The first-order chi connectivity index (χ1) is 16.0. The number of rotatable bonds is 8. The third kappa shape index (κ3) is 5.69. The molecule has 168 valence electrons. The lowest BCUT2D eigenvalue weighted by Gasteiger charge is -2.09. The lowest BCUT2D eigenvalue weighted by molar-refractivity contribution is -0.123. The molecular weight excluding hydrogens is 443 g/mol. The largest absolute Gasteiger partial charge is 0.484 e. The van der Waals surface area contributed by atoms with Crippen LogP contribution in [0.4, 0.5) is 4.39 Å². The topological polar surface area (TPSA) is 86.1 Å². The highest BCUT2D eigenvalue weighted by molar-refractivity contribution is 7.18. The van der Waals surface area contributed by atoms with Crippen molar-refractivity contribution in [2.45, 2.75) is 13.5 Å². The highest BCUT2D eigenvalue weighted by atomic mass is 32.1. The maximum absolute atomic E-state index is 12.9. The summed E-state index contributed by atoms with van der Waals surface area (Å²) in [4.78, 5) is 29.8. The van der Waals surface area contributed by atoms with Crippen molar-refractivity contribution in [1.82, 2.24) is 20.1 Å². The molecule has 4 rings (SSSR count). The van der Waals surface area contributed by atoms with Crippen LogP contribution in [0.25, 0.3) is 21.1 Å². The monoisotopic (exact) mass is 464 g/mol. The Balaban J connectivity index is 1.38. The number of carbonyl (C=O) groups is 1. The number of carbonyl (C=O) groups excluding carboxylic acids is 1. The fourth-order valence-electron chi connectivity index (χ4n) is 3.10. The van der Waals surface area contributed by atoms with Gasteiger partial charge in [-0.1, -0.05) is 30.3 Å². The molecule has 0 spiro atoms. The van der Waals surface area contributed by atoms with Gasteiger partial charge in [0.05, 0.1) is 17.1 Å². The van der Waals surface area contributed by atoms with E-state index in [9.17, 15) is 14.0 Å². The Morgan fingerprint density at radius 2 is 1.85 bits per heavy atom. The van der Waals surface area contributed by atoms with Gasteiger partial charge in [-0.2, -0.15) is 5.10 Å². The molecule has 0 unspecified atom stereocenters. The van der Waals surface area contributed by atoms with Crippen molar-refractivity contribution in [3.63, 3.8) is 0 Å². The number of aromatic nitrogens is 3. The summed E-state index contributed by atoms with van der Waals surface area (Å²) in [6.45, 7) is 2.12. The number of amides is 1. The molecule has 2 aromatic heterocycles. The van der Waals surface area contributed by atoms with Crippen molar-refractivity contribution >= 4 is 17.2 Å². The predicted molar refractivity (Wildman–Crippen MR) is 125 cm³/mol. The third-order valence-electron chi connectivity index (χ3n) is 4.75. The minimum atomic E-state index is -0.378. The number of nitrogens with one attached hydrogen (secondary N) is 1. The van der Waals surface area contributed by atoms with Crippen LogP contribution in [0.5, 0.6) is 5.75 Å². The van der Waals surface area contributed by atoms with Gasteiger partial charge in [0.15, 0.2) is 6.61 Å². The smallest absolute Gasteiger partial charge is 0.266 e. The number of hydrogen-bond acceptors (Lipinski definition) is 6. The molecule has 4 aromatic rings. The molecule has 7 nitrogen and oxygen atoms in total. The van der Waals surface area contributed by atoms with Crippen LogP contribution in [-0.4, -0.2) is 33.8 Å². The van der Waals surface area contributed by atoms with E-state index in [0.29, 0.717) is 11.4 Å². The van der Waals surface area contributed by atoms with Gasteiger partial charge in [-0.3, -0.25) is 9.59 Å². The van der Waals surface area contributed by atoms with Gasteiger partial charge in [-0.25, -0.2) is 14.1 Å². The molecule has 0 bridgehead atoms. The summed E-state index contributed by atoms with van der Waals surface area (Å²) in [5, 5.41) is 8.04. The van der Waals surface area contributed by atoms with Crippen LogP contribution in [0.1, 0.15) is 5.69 Å². The van der Waals surface area contributed by atoms with E-state index in [2.05, 4.69) is 15.4 Å². The van der Waals surface area contributed by atoms with Gasteiger partial charge < -0.3 is 10.1 Å². The molecule has 0 radical (unpaired) electrons. The fourth-order valence-corrected chi connectivity index (χ4v) is 4.14. The van der Waals surface area contributed by atoms with Crippen molar-refractivity contribution in [3.8, 4) is 26.9 Å². The average Bonchev–Trinajstić information content (AvgIpc) is 3.22. The number of halogens is 1. The molecule has 2 aromatic carbocycles. The van der Waals surface area contributed by atoms with Gasteiger partial charge in [0.2, 0.25) is 0 Å². The van der Waals surface area contributed by atoms with E-state index in [4.69, 9.17) is 4.74 Å². The van der Waals surface area contributed by atoms with E-state index in [1.54, 1.807) is 6.07 Å².